The van der Waals surface area contributed by atoms with Crippen LogP contribution in [0.1, 0.15) is 46.9 Å². The first-order valence-electron chi connectivity index (χ1n) is 10.1. The van der Waals surface area contributed by atoms with Crippen molar-refractivity contribution in [2.45, 2.75) is 25.4 Å². The van der Waals surface area contributed by atoms with Crippen LogP contribution in [0.15, 0.2) is 36.4 Å². The molecule has 1 radical (unpaired) electrons. The lowest BCUT2D eigenvalue weighted by Crippen LogP contribution is -2.40. The van der Waals surface area contributed by atoms with Gasteiger partial charge in [-0.1, -0.05) is 24.3 Å². The molecule has 32 heavy (non-hydrogen) atoms. The van der Waals surface area contributed by atoms with Gasteiger partial charge in [0, 0.05) is 6.54 Å². The van der Waals surface area contributed by atoms with Gasteiger partial charge in [-0.3, -0.25) is 9.59 Å². The molecule has 2 aromatic rings. The number of hydrogen-bond acceptors (Lipinski definition) is 6. The Kier molecular flexibility index (Phi) is 7.05. The number of nitrogens with zero attached hydrogens (tertiary/aromatic N) is 1. The fraction of sp³-hybridized carbons (Fsp3) is 0.364. The number of nitrogens with two attached hydrogens (primary N) is 1. The Morgan fingerprint density at radius 1 is 1.31 bits per heavy atom. The first-order chi connectivity index (χ1) is 15.2. The van der Waals surface area contributed by atoms with Crippen molar-refractivity contribution in [2.24, 2.45) is 5.73 Å². The zero-order valence-electron chi connectivity index (χ0n) is 18.1. The Bertz CT molecular complexity index is 1120. The second kappa shape index (κ2) is 9.58. The number of primary amides is 1. The predicted octanol–water partition coefficient (Wildman–Crippen LogP) is 1.56. The summed E-state index contributed by atoms with van der Waals surface area (Å²) in [7, 11) is -1.93. The minimum atomic E-state index is -3.45. The van der Waals surface area contributed by atoms with Gasteiger partial charge in [0.25, 0.3) is 5.91 Å². The van der Waals surface area contributed by atoms with E-state index in [0.717, 1.165) is 6.26 Å². The minimum absolute atomic E-state index is 0.0504. The number of methoxy groups -OCH3 is 1. The second-order valence-electron chi connectivity index (χ2n) is 7.33. The summed E-state index contributed by atoms with van der Waals surface area (Å²) in [5, 5.41) is 0. The molecular formula is C22H26N3O6S. The van der Waals surface area contributed by atoms with Gasteiger partial charge < -0.3 is 20.1 Å². The van der Waals surface area contributed by atoms with Crippen LogP contribution < -0.4 is 19.9 Å². The standard InChI is InChI=1S/C22H26N3O6S/c1-4-31-19-13-14(9-10-18(19)30-2)17(11-12-24-32(3,28)29)25-20(21(23)26)15-7-5-6-8-16(15)22(25)27/h5-7,9-10,13,17,20,24H,4,11-12H2,1-3H3,(H2,23,26). The number of rotatable bonds is 10. The van der Waals surface area contributed by atoms with Crippen molar-refractivity contribution >= 4 is 21.8 Å². The van der Waals surface area contributed by atoms with Gasteiger partial charge in [0.05, 0.1) is 31.6 Å². The largest absolute Gasteiger partial charge is 0.493 e. The van der Waals surface area contributed by atoms with E-state index in [1.807, 2.05) is 6.92 Å². The van der Waals surface area contributed by atoms with Gasteiger partial charge in [-0.2, -0.15) is 0 Å². The van der Waals surface area contributed by atoms with E-state index >= 15 is 0 Å². The summed E-state index contributed by atoms with van der Waals surface area (Å²) in [5.41, 5.74) is 7.10. The van der Waals surface area contributed by atoms with Gasteiger partial charge in [0.15, 0.2) is 11.5 Å². The summed E-state index contributed by atoms with van der Waals surface area (Å²) in [6.45, 7) is 2.28. The molecule has 0 saturated carbocycles. The zero-order chi connectivity index (χ0) is 23.5. The van der Waals surface area contributed by atoms with E-state index in [-0.39, 0.29) is 18.5 Å². The fourth-order valence-electron chi connectivity index (χ4n) is 3.89. The third-order valence-electron chi connectivity index (χ3n) is 5.17. The highest BCUT2D eigenvalue weighted by Gasteiger charge is 2.44. The molecule has 3 N–H and O–H groups in total. The number of sulfonamides is 1. The number of ether oxygens (including phenoxy) is 2. The van der Waals surface area contributed by atoms with Crippen molar-refractivity contribution < 1.29 is 27.5 Å². The van der Waals surface area contributed by atoms with Gasteiger partial charge in [0.1, 0.15) is 6.04 Å². The van der Waals surface area contributed by atoms with E-state index in [2.05, 4.69) is 10.8 Å². The normalized spacial score (nSPS) is 16.5. The minimum Gasteiger partial charge on any atom is -0.493 e. The first-order valence-corrected chi connectivity index (χ1v) is 11.9. The van der Waals surface area contributed by atoms with E-state index in [0.29, 0.717) is 29.2 Å². The zero-order valence-corrected chi connectivity index (χ0v) is 18.9. The molecule has 1 heterocycles. The number of benzene rings is 2. The molecule has 0 aliphatic carbocycles. The number of amides is 2. The average Bonchev–Trinajstić information content (AvgIpc) is 3.03. The summed E-state index contributed by atoms with van der Waals surface area (Å²) in [6, 6.07) is 11.4. The van der Waals surface area contributed by atoms with Gasteiger partial charge in [-0.25, -0.2) is 13.1 Å². The Morgan fingerprint density at radius 3 is 2.69 bits per heavy atom. The Balaban J connectivity index is 2.08. The third-order valence-corrected chi connectivity index (χ3v) is 5.90. The van der Waals surface area contributed by atoms with Crippen LogP contribution in [0.5, 0.6) is 11.5 Å². The molecule has 2 atom stereocenters. The molecular weight excluding hydrogens is 434 g/mol. The smallest absolute Gasteiger partial charge is 0.256 e. The first kappa shape index (κ1) is 23.6. The van der Waals surface area contributed by atoms with Gasteiger partial charge in [-0.05, 0) is 42.7 Å². The summed E-state index contributed by atoms with van der Waals surface area (Å²) < 4.78 is 36.6. The molecule has 171 valence electrons. The second-order valence-corrected chi connectivity index (χ2v) is 9.17. The number of nitrogens with one attached hydrogen (secondary N) is 1. The molecule has 2 unspecified atom stereocenters. The monoisotopic (exact) mass is 460 g/mol. The van der Waals surface area contributed by atoms with Crippen LogP contribution in [0.3, 0.4) is 0 Å². The van der Waals surface area contributed by atoms with Crippen LogP contribution in [0, 0.1) is 6.07 Å². The van der Waals surface area contributed by atoms with Crippen molar-refractivity contribution in [3.63, 3.8) is 0 Å². The highest BCUT2D eigenvalue weighted by Crippen LogP contribution is 2.42. The molecule has 2 amide bonds. The summed E-state index contributed by atoms with van der Waals surface area (Å²) in [5.74, 6) is -0.0989. The van der Waals surface area contributed by atoms with Crippen LogP contribution in [0.2, 0.25) is 0 Å². The summed E-state index contributed by atoms with van der Waals surface area (Å²) >= 11 is 0. The highest BCUT2D eigenvalue weighted by atomic mass is 32.2. The molecule has 10 heteroatoms. The Morgan fingerprint density at radius 2 is 2.06 bits per heavy atom. The third kappa shape index (κ3) is 4.86. The highest BCUT2D eigenvalue weighted by molar-refractivity contribution is 7.88. The number of hydrogen-bond donors (Lipinski definition) is 2. The Labute approximate surface area is 187 Å². The van der Waals surface area contributed by atoms with Crippen molar-refractivity contribution in [1.29, 1.82) is 0 Å². The molecule has 3 rings (SSSR count). The number of fused-ring (bicyclic) bond motifs is 1. The maximum Gasteiger partial charge on any atom is 0.256 e. The van der Waals surface area contributed by atoms with E-state index < -0.39 is 33.9 Å². The van der Waals surface area contributed by atoms with Crippen molar-refractivity contribution in [3.8, 4) is 11.5 Å². The van der Waals surface area contributed by atoms with Gasteiger partial charge in [0.2, 0.25) is 15.9 Å². The lowest BCUT2D eigenvalue weighted by Gasteiger charge is -2.33. The quantitative estimate of drug-likeness (QED) is 0.554. The van der Waals surface area contributed by atoms with E-state index in [9.17, 15) is 18.0 Å². The molecule has 0 saturated heterocycles. The molecule has 0 fully saturated rings. The van der Waals surface area contributed by atoms with Crippen LogP contribution in [0.4, 0.5) is 0 Å². The lowest BCUT2D eigenvalue weighted by atomic mass is 9.99. The molecule has 1 aliphatic heterocycles. The predicted molar refractivity (Wildman–Crippen MR) is 118 cm³/mol. The molecule has 0 bridgehead atoms. The molecule has 2 aromatic carbocycles. The fourth-order valence-corrected chi connectivity index (χ4v) is 4.38. The van der Waals surface area contributed by atoms with Crippen LogP contribution in [0.25, 0.3) is 0 Å². The van der Waals surface area contributed by atoms with Gasteiger partial charge >= 0.3 is 0 Å². The van der Waals surface area contributed by atoms with Crippen molar-refractivity contribution in [3.05, 3.63) is 59.2 Å². The maximum absolute atomic E-state index is 13.3. The van der Waals surface area contributed by atoms with Crippen molar-refractivity contribution in [1.82, 2.24) is 9.62 Å². The van der Waals surface area contributed by atoms with Gasteiger partial charge in [-0.15, -0.1) is 0 Å². The Hall–Kier alpha value is -3.11. The molecule has 0 spiro atoms. The van der Waals surface area contributed by atoms with E-state index in [4.69, 9.17) is 15.2 Å². The topological polar surface area (TPSA) is 128 Å². The molecule has 9 nitrogen and oxygen atoms in total. The number of carbonyl (C=O) groups is 2. The van der Waals surface area contributed by atoms with Crippen molar-refractivity contribution in [2.75, 3.05) is 26.5 Å². The summed E-state index contributed by atoms with van der Waals surface area (Å²) in [6.07, 6.45) is 1.26. The summed E-state index contributed by atoms with van der Waals surface area (Å²) in [4.78, 5) is 27.1. The van der Waals surface area contributed by atoms with Crippen LogP contribution in [-0.2, 0) is 14.8 Å². The van der Waals surface area contributed by atoms with E-state index in [1.165, 1.54) is 12.0 Å². The van der Waals surface area contributed by atoms with E-state index in [1.54, 1.807) is 36.4 Å². The lowest BCUT2D eigenvalue weighted by molar-refractivity contribution is -0.123. The maximum atomic E-state index is 13.3. The molecule has 0 aromatic heterocycles. The van der Waals surface area contributed by atoms with Crippen LogP contribution >= 0.6 is 0 Å². The average molecular weight is 461 g/mol. The number of carbonyl (C=O) groups excluding carboxylic acids is 2. The van der Waals surface area contributed by atoms with Crippen LogP contribution in [-0.4, -0.2) is 51.6 Å². The SMILES string of the molecule is CCOc1cc(C(CCNS(C)(=O)=O)N2C(=O)c3[c]cccc3C2C(N)=O)ccc1OC. The molecule has 1 aliphatic rings.